The average molecular weight is 249 g/mol. The molecule has 1 aliphatic rings. The quantitative estimate of drug-likeness (QED) is 0.750. The van der Waals surface area contributed by atoms with E-state index in [9.17, 15) is 9.59 Å². The molecular weight excluding hydrogens is 234 g/mol. The van der Waals surface area contributed by atoms with Crippen LogP contribution in [0.4, 0.5) is 0 Å². The van der Waals surface area contributed by atoms with Crippen LogP contribution in [-0.4, -0.2) is 36.9 Å². The molecule has 0 atom stereocenters. The lowest BCUT2D eigenvalue weighted by Crippen LogP contribution is -2.31. The van der Waals surface area contributed by atoms with Crippen LogP contribution in [0.5, 0.6) is 11.5 Å². The monoisotopic (exact) mass is 249 g/mol. The van der Waals surface area contributed by atoms with Gasteiger partial charge >= 0.3 is 0 Å². The molecule has 5 heteroatoms. The number of carbonyl (C=O) groups excluding carboxylic acids is 2. The molecule has 1 aromatic carbocycles. The van der Waals surface area contributed by atoms with Crippen molar-refractivity contribution < 1.29 is 19.1 Å². The van der Waals surface area contributed by atoms with E-state index in [2.05, 4.69) is 0 Å². The molecule has 0 unspecified atom stereocenters. The fraction of sp³-hybridized carbons (Fsp3) is 0.385. The second-order valence-corrected chi connectivity index (χ2v) is 4.20. The third-order valence-corrected chi connectivity index (χ3v) is 2.67. The first-order valence-corrected chi connectivity index (χ1v) is 5.72. The first-order valence-electron chi connectivity index (χ1n) is 5.72. The van der Waals surface area contributed by atoms with Crippen molar-refractivity contribution in [3.63, 3.8) is 0 Å². The topological polar surface area (TPSA) is 55.8 Å². The van der Waals surface area contributed by atoms with E-state index >= 15 is 0 Å². The summed E-state index contributed by atoms with van der Waals surface area (Å²) in [6.45, 7) is 2.71. The van der Waals surface area contributed by atoms with Crippen LogP contribution in [0.2, 0.25) is 0 Å². The maximum absolute atomic E-state index is 11.5. The molecule has 0 bridgehead atoms. The summed E-state index contributed by atoms with van der Waals surface area (Å²) in [5.74, 6) is 0.438. The molecule has 0 radical (unpaired) electrons. The van der Waals surface area contributed by atoms with E-state index in [1.165, 1.54) is 11.8 Å². The number of ketones is 1. The maximum atomic E-state index is 11.5. The number of hydrogen-bond acceptors (Lipinski definition) is 4. The summed E-state index contributed by atoms with van der Waals surface area (Å²) in [4.78, 5) is 23.8. The van der Waals surface area contributed by atoms with Crippen LogP contribution in [0.15, 0.2) is 18.2 Å². The van der Waals surface area contributed by atoms with Gasteiger partial charge in [0.05, 0.1) is 0 Å². The number of Topliss-reactive ketones (excluding diaryl/α,β-unsaturated/α-hetero) is 1. The van der Waals surface area contributed by atoms with Gasteiger partial charge in [0, 0.05) is 20.5 Å². The fourth-order valence-corrected chi connectivity index (χ4v) is 1.80. The molecular formula is C13H15NO4. The van der Waals surface area contributed by atoms with Crippen molar-refractivity contribution in [2.75, 3.05) is 20.3 Å². The summed E-state index contributed by atoms with van der Waals surface area (Å²) in [7, 11) is 1.60. The minimum atomic E-state index is -0.495. The normalized spacial score (nSPS) is 13.0. The first-order chi connectivity index (χ1) is 8.58. The van der Waals surface area contributed by atoms with Crippen LogP contribution in [-0.2, 0) is 16.1 Å². The fourth-order valence-electron chi connectivity index (χ4n) is 1.80. The van der Waals surface area contributed by atoms with Crippen molar-refractivity contribution in [2.45, 2.75) is 13.5 Å². The SMILES string of the molecule is CC(=O)C(=O)N(C)Cc1ccc2c(c1)OCCO2. The van der Waals surface area contributed by atoms with Crippen molar-refractivity contribution in [1.82, 2.24) is 4.90 Å². The van der Waals surface area contributed by atoms with Gasteiger partial charge < -0.3 is 14.4 Å². The minimum absolute atomic E-state index is 0.370. The number of nitrogens with zero attached hydrogens (tertiary/aromatic N) is 1. The van der Waals surface area contributed by atoms with Crippen molar-refractivity contribution in [1.29, 1.82) is 0 Å². The van der Waals surface area contributed by atoms with E-state index in [0.29, 0.717) is 31.3 Å². The van der Waals surface area contributed by atoms with Gasteiger partial charge in [-0.1, -0.05) is 6.07 Å². The summed E-state index contributed by atoms with van der Waals surface area (Å²) in [5.41, 5.74) is 0.899. The van der Waals surface area contributed by atoms with Gasteiger partial charge in [0.25, 0.3) is 5.91 Å². The molecule has 0 spiro atoms. The zero-order valence-corrected chi connectivity index (χ0v) is 10.4. The molecule has 1 aliphatic heterocycles. The molecule has 18 heavy (non-hydrogen) atoms. The highest BCUT2D eigenvalue weighted by Crippen LogP contribution is 2.30. The molecule has 0 aromatic heterocycles. The number of benzene rings is 1. The van der Waals surface area contributed by atoms with E-state index in [1.807, 2.05) is 18.2 Å². The Morgan fingerprint density at radius 1 is 1.22 bits per heavy atom. The van der Waals surface area contributed by atoms with Crippen molar-refractivity contribution in [3.05, 3.63) is 23.8 Å². The van der Waals surface area contributed by atoms with Crippen LogP contribution < -0.4 is 9.47 Å². The highest BCUT2D eigenvalue weighted by Gasteiger charge is 2.16. The summed E-state index contributed by atoms with van der Waals surface area (Å²) < 4.78 is 10.9. The highest BCUT2D eigenvalue weighted by atomic mass is 16.6. The molecule has 2 rings (SSSR count). The Labute approximate surface area is 105 Å². The molecule has 0 N–H and O–H groups in total. The Morgan fingerprint density at radius 3 is 2.56 bits per heavy atom. The lowest BCUT2D eigenvalue weighted by Gasteiger charge is -2.20. The molecule has 1 aromatic rings. The van der Waals surface area contributed by atoms with Crippen molar-refractivity contribution >= 4 is 11.7 Å². The molecule has 0 saturated carbocycles. The number of carbonyl (C=O) groups is 2. The predicted molar refractivity (Wildman–Crippen MR) is 64.6 cm³/mol. The maximum Gasteiger partial charge on any atom is 0.289 e. The number of ether oxygens (including phenoxy) is 2. The first kappa shape index (κ1) is 12.4. The lowest BCUT2D eigenvalue weighted by molar-refractivity contribution is -0.143. The van der Waals surface area contributed by atoms with Crippen LogP contribution in [0.3, 0.4) is 0 Å². The van der Waals surface area contributed by atoms with Gasteiger partial charge in [-0.2, -0.15) is 0 Å². The Balaban J connectivity index is 2.10. The van der Waals surface area contributed by atoms with Crippen LogP contribution in [0, 0.1) is 0 Å². The third-order valence-electron chi connectivity index (χ3n) is 2.67. The molecule has 0 aliphatic carbocycles. The number of rotatable bonds is 3. The zero-order chi connectivity index (χ0) is 13.1. The van der Waals surface area contributed by atoms with E-state index < -0.39 is 11.7 Å². The Morgan fingerprint density at radius 2 is 1.89 bits per heavy atom. The number of hydrogen-bond donors (Lipinski definition) is 0. The number of likely N-dealkylation sites (N-methyl/N-ethyl adjacent to an activating group) is 1. The minimum Gasteiger partial charge on any atom is -0.486 e. The van der Waals surface area contributed by atoms with E-state index in [1.54, 1.807) is 7.05 Å². The molecule has 1 amide bonds. The van der Waals surface area contributed by atoms with Gasteiger partial charge in [-0.05, 0) is 17.7 Å². The van der Waals surface area contributed by atoms with E-state index in [4.69, 9.17) is 9.47 Å². The van der Waals surface area contributed by atoms with Gasteiger partial charge in [-0.3, -0.25) is 9.59 Å². The van der Waals surface area contributed by atoms with Crippen molar-refractivity contribution in [3.8, 4) is 11.5 Å². The van der Waals surface area contributed by atoms with Gasteiger partial charge in [-0.15, -0.1) is 0 Å². The summed E-state index contributed by atoms with van der Waals surface area (Å²) in [6, 6.07) is 5.51. The van der Waals surface area contributed by atoms with Crippen LogP contribution in [0.1, 0.15) is 12.5 Å². The smallest absolute Gasteiger partial charge is 0.289 e. The van der Waals surface area contributed by atoms with Crippen LogP contribution >= 0.6 is 0 Å². The highest BCUT2D eigenvalue weighted by molar-refractivity contribution is 6.34. The molecule has 5 nitrogen and oxygen atoms in total. The summed E-state index contributed by atoms with van der Waals surface area (Å²) in [5, 5.41) is 0. The zero-order valence-electron chi connectivity index (χ0n) is 10.4. The van der Waals surface area contributed by atoms with Crippen LogP contribution in [0.25, 0.3) is 0 Å². The Kier molecular flexibility index (Phi) is 3.50. The molecule has 0 saturated heterocycles. The van der Waals surface area contributed by atoms with Gasteiger partial charge in [0.1, 0.15) is 13.2 Å². The number of fused-ring (bicyclic) bond motifs is 1. The van der Waals surface area contributed by atoms with E-state index in [-0.39, 0.29) is 0 Å². The number of amides is 1. The van der Waals surface area contributed by atoms with Gasteiger partial charge in [0.2, 0.25) is 5.78 Å². The largest absolute Gasteiger partial charge is 0.486 e. The predicted octanol–water partition coefficient (Wildman–Crippen LogP) is 1.01. The van der Waals surface area contributed by atoms with Gasteiger partial charge in [0.15, 0.2) is 11.5 Å². The standard InChI is InChI=1S/C13H15NO4/c1-9(15)13(16)14(2)8-10-3-4-11-12(7-10)18-6-5-17-11/h3-4,7H,5-6,8H2,1-2H3. The van der Waals surface area contributed by atoms with E-state index in [0.717, 1.165) is 5.56 Å². The summed E-state index contributed by atoms with van der Waals surface area (Å²) >= 11 is 0. The Bertz CT molecular complexity index is 484. The Hall–Kier alpha value is -2.04. The second-order valence-electron chi connectivity index (χ2n) is 4.20. The second kappa shape index (κ2) is 5.08. The van der Waals surface area contributed by atoms with Crippen molar-refractivity contribution in [2.24, 2.45) is 0 Å². The summed E-state index contributed by atoms with van der Waals surface area (Å²) in [6.07, 6.45) is 0. The third kappa shape index (κ3) is 2.61. The van der Waals surface area contributed by atoms with Gasteiger partial charge in [-0.25, -0.2) is 0 Å². The molecule has 96 valence electrons. The molecule has 0 fully saturated rings. The lowest BCUT2D eigenvalue weighted by atomic mass is 10.2. The average Bonchev–Trinajstić information content (AvgIpc) is 2.37. The molecule has 1 heterocycles.